The van der Waals surface area contributed by atoms with E-state index in [1.54, 1.807) is 0 Å². The molecular weight excluding hydrogens is 611 g/mol. The molecule has 7 aromatic carbocycles. The smallest absolute Gasteiger partial charge is 0.0998 e. The molecule has 9 aromatic rings. The topological polar surface area (TPSA) is 81.2 Å². The summed E-state index contributed by atoms with van der Waals surface area (Å²) >= 11 is 0. The summed E-state index contributed by atoms with van der Waals surface area (Å²) in [6, 6.07) is 57.6. The summed E-state index contributed by atoms with van der Waals surface area (Å²) in [7, 11) is 0. The molecule has 0 aliphatic heterocycles. The zero-order valence-electron chi connectivity index (χ0n) is 26.7. The Balaban J connectivity index is 1.23. The first-order valence-corrected chi connectivity index (χ1v) is 16.3. The highest BCUT2D eigenvalue weighted by molar-refractivity contribution is 6.11. The van der Waals surface area contributed by atoms with E-state index in [1.165, 1.54) is 0 Å². The molecule has 9 rings (SSSR count). The zero-order valence-corrected chi connectivity index (χ0v) is 26.7. The molecule has 0 amide bonds. The van der Waals surface area contributed by atoms with Crippen LogP contribution in [0.4, 0.5) is 0 Å². The molecule has 0 saturated heterocycles. The van der Waals surface area contributed by atoms with Gasteiger partial charge in [-0.1, -0.05) is 84.9 Å². The molecule has 0 atom stereocenters. The van der Waals surface area contributed by atoms with Crippen LogP contribution in [0.15, 0.2) is 152 Å². The first-order chi connectivity index (χ1) is 24.7. The van der Waals surface area contributed by atoms with E-state index in [-0.39, 0.29) is 0 Å². The van der Waals surface area contributed by atoms with Crippen LogP contribution in [-0.4, -0.2) is 9.13 Å². The third kappa shape index (κ3) is 4.31. The minimum Gasteiger partial charge on any atom is -0.309 e. The van der Waals surface area contributed by atoms with Crippen molar-refractivity contribution >= 4 is 43.6 Å². The number of hydrogen-bond donors (Lipinski definition) is 0. The van der Waals surface area contributed by atoms with Crippen LogP contribution in [0.1, 0.15) is 16.7 Å². The second-order valence-corrected chi connectivity index (χ2v) is 12.3. The number of nitrogens with zero attached hydrogens (tertiary/aromatic N) is 5. The maximum Gasteiger partial charge on any atom is 0.0998 e. The van der Waals surface area contributed by atoms with Crippen LogP contribution in [0.2, 0.25) is 0 Å². The van der Waals surface area contributed by atoms with Crippen molar-refractivity contribution < 1.29 is 0 Å². The Labute approximate surface area is 287 Å². The van der Waals surface area contributed by atoms with Gasteiger partial charge >= 0.3 is 0 Å². The first kappa shape index (κ1) is 28.8. The Hall–Kier alpha value is -7.39. The van der Waals surface area contributed by atoms with Crippen LogP contribution in [0.3, 0.4) is 0 Å². The van der Waals surface area contributed by atoms with Gasteiger partial charge in [0, 0.05) is 43.9 Å². The van der Waals surface area contributed by atoms with E-state index >= 15 is 0 Å². The average molecular weight is 636 g/mol. The lowest BCUT2D eigenvalue weighted by atomic mass is 9.90. The van der Waals surface area contributed by atoms with Crippen molar-refractivity contribution in [2.75, 3.05) is 0 Å². The Morgan fingerprint density at radius 1 is 0.380 bits per heavy atom. The van der Waals surface area contributed by atoms with Crippen LogP contribution in [0.25, 0.3) is 77.2 Å². The van der Waals surface area contributed by atoms with Crippen molar-refractivity contribution in [3.05, 3.63) is 168 Å². The molecule has 230 valence electrons. The summed E-state index contributed by atoms with van der Waals surface area (Å²) in [6.45, 7) is 0. The van der Waals surface area contributed by atoms with Crippen molar-refractivity contribution in [3.63, 3.8) is 0 Å². The summed E-state index contributed by atoms with van der Waals surface area (Å²) in [4.78, 5) is 0. The molecule has 50 heavy (non-hydrogen) atoms. The standard InChI is InChI=1S/C45H25N5/c46-26-29-20-21-45-40(22-29)37-15-4-5-16-41(37)49(45)33-11-9-10-30(23-33)38-24-32(28-48)39(25-31(38)27-47)36-14-3-8-19-44(36)50-42-17-6-1-12-34(42)35-13-2-7-18-43(35)50/h1-25H. The third-order valence-corrected chi connectivity index (χ3v) is 9.63. The molecule has 0 aliphatic carbocycles. The average Bonchev–Trinajstić information content (AvgIpc) is 3.70. The van der Waals surface area contributed by atoms with Crippen LogP contribution in [-0.2, 0) is 0 Å². The van der Waals surface area contributed by atoms with Crippen molar-refractivity contribution in [1.82, 2.24) is 9.13 Å². The van der Waals surface area contributed by atoms with Crippen LogP contribution < -0.4 is 0 Å². The van der Waals surface area contributed by atoms with Crippen LogP contribution in [0, 0.1) is 34.0 Å². The molecule has 5 heteroatoms. The summed E-state index contributed by atoms with van der Waals surface area (Å²) in [5, 5.41) is 35.1. The van der Waals surface area contributed by atoms with Gasteiger partial charge < -0.3 is 9.13 Å². The van der Waals surface area contributed by atoms with Gasteiger partial charge in [-0.15, -0.1) is 0 Å². The van der Waals surface area contributed by atoms with Gasteiger partial charge in [-0.2, -0.15) is 15.8 Å². The molecule has 0 aliphatic rings. The second-order valence-electron chi connectivity index (χ2n) is 12.3. The van der Waals surface area contributed by atoms with Gasteiger partial charge in [0.15, 0.2) is 0 Å². The number of hydrogen-bond acceptors (Lipinski definition) is 3. The van der Waals surface area contributed by atoms with Gasteiger partial charge in [-0.25, -0.2) is 0 Å². The summed E-state index contributed by atoms with van der Waals surface area (Å²) in [6.07, 6.45) is 0. The van der Waals surface area contributed by atoms with E-state index in [0.717, 1.165) is 66.1 Å². The first-order valence-electron chi connectivity index (χ1n) is 16.3. The monoisotopic (exact) mass is 635 g/mol. The van der Waals surface area contributed by atoms with Crippen LogP contribution >= 0.6 is 0 Å². The van der Waals surface area contributed by atoms with Gasteiger partial charge in [0.1, 0.15) is 0 Å². The quantitative estimate of drug-likeness (QED) is 0.193. The van der Waals surface area contributed by atoms with Crippen molar-refractivity contribution in [3.8, 4) is 51.8 Å². The SMILES string of the molecule is N#Cc1ccc2c(c1)c1ccccc1n2-c1cccc(-c2cc(C#N)c(-c3ccccc3-n3c4ccccc4c4ccccc43)cc2C#N)c1. The molecule has 0 saturated carbocycles. The fourth-order valence-electron chi connectivity index (χ4n) is 7.46. The zero-order chi connectivity index (χ0) is 33.8. The number of rotatable bonds is 4. The van der Waals surface area contributed by atoms with Gasteiger partial charge in [0.05, 0.1) is 62.7 Å². The van der Waals surface area contributed by atoms with Gasteiger partial charge in [0.2, 0.25) is 0 Å². The molecule has 0 N–H and O–H groups in total. The van der Waals surface area contributed by atoms with E-state index in [0.29, 0.717) is 27.8 Å². The minimum absolute atomic E-state index is 0.481. The van der Waals surface area contributed by atoms with E-state index in [1.807, 2.05) is 91.0 Å². The third-order valence-electron chi connectivity index (χ3n) is 9.63. The molecule has 0 bridgehead atoms. The van der Waals surface area contributed by atoms with E-state index in [2.05, 4.69) is 88.0 Å². The lowest BCUT2D eigenvalue weighted by molar-refractivity contribution is 1.18. The van der Waals surface area contributed by atoms with Gasteiger partial charge in [0.25, 0.3) is 0 Å². The predicted octanol–water partition coefficient (Wildman–Crippen LogP) is 10.8. The van der Waals surface area contributed by atoms with Gasteiger partial charge in [-0.05, 0) is 72.3 Å². The van der Waals surface area contributed by atoms with Crippen molar-refractivity contribution in [2.45, 2.75) is 0 Å². The Kier molecular flexibility index (Phi) is 6.56. The summed E-state index contributed by atoms with van der Waals surface area (Å²) in [5.41, 5.74) is 10.7. The number of nitriles is 3. The lowest BCUT2D eigenvalue weighted by Crippen LogP contribution is -1.99. The maximum atomic E-state index is 10.6. The number of benzene rings is 7. The number of para-hydroxylation sites is 4. The fraction of sp³-hybridized carbons (Fsp3) is 0. The Morgan fingerprint density at radius 2 is 0.940 bits per heavy atom. The highest BCUT2D eigenvalue weighted by Crippen LogP contribution is 2.40. The molecule has 5 nitrogen and oxygen atoms in total. The normalized spacial score (nSPS) is 11.1. The summed E-state index contributed by atoms with van der Waals surface area (Å²) < 4.78 is 4.43. The molecule has 2 aromatic heterocycles. The Bertz CT molecular complexity index is 2920. The van der Waals surface area contributed by atoms with E-state index in [9.17, 15) is 15.8 Å². The fourth-order valence-corrected chi connectivity index (χ4v) is 7.46. The predicted molar refractivity (Wildman–Crippen MR) is 200 cm³/mol. The summed E-state index contributed by atoms with van der Waals surface area (Å²) in [5.74, 6) is 0. The molecule has 2 heterocycles. The van der Waals surface area contributed by atoms with Crippen LogP contribution in [0.5, 0.6) is 0 Å². The minimum atomic E-state index is 0.481. The molecule has 0 radical (unpaired) electrons. The van der Waals surface area contributed by atoms with E-state index in [4.69, 9.17) is 0 Å². The lowest BCUT2D eigenvalue weighted by Gasteiger charge is -2.17. The van der Waals surface area contributed by atoms with Crippen molar-refractivity contribution in [1.29, 1.82) is 15.8 Å². The highest BCUT2D eigenvalue weighted by Gasteiger charge is 2.20. The van der Waals surface area contributed by atoms with E-state index < -0.39 is 0 Å². The van der Waals surface area contributed by atoms with Gasteiger partial charge in [-0.3, -0.25) is 0 Å². The molecular formula is C45H25N5. The van der Waals surface area contributed by atoms with Crippen molar-refractivity contribution in [2.24, 2.45) is 0 Å². The number of aromatic nitrogens is 2. The molecule has 0 fully saturated rings. The molecule has 0 unspecified atom stereocenters. The largest absolute Gasteiger partial charge is 0.309 e. The Morgan fingerprint density at radius 3 is 1.62 bits per heavy atom. The second kappa shape index (κ2) is 11.4. The highest BCUT2D eigenvalue weighted by atomic mass is 15.0. The molecule has 0 spiro atoms. The number of fused-ring (bicyclic) bond motifs is 6. The maximum absolute atomic E-state index is 10.6.